The maximum atomic E-state index is 12.9. The summed E-state index contributed by atoms with van der Waals surface area (Å²) in [4.78, 5) is 0.244. The van der Waals surface area contributed by atoms with E-state index in [-0.39, 0.29) is 16.4 Å². The Kier molecular flexibility index (Phi) is 4.29. The van der Waals surface area contributed by atoms with Crippen LogP contribution in [0.25, 0.3) is 0 Å². The van der Waals surface area contributed by atoms with Crippen LogP contribution in [0.15, 0.2) is 23.1 Å². The third-order valence-electron chi connectivity index (χ3n) is 4.63. The molecule has 0 radical (unpaired) electrons. The third kappa shape index (κ3) is 3.18. The molecule has 3 rings (SSSR count). The molecule has 1 aromatic rings. The Morgan fingerprint density at radius 3 is 2.61 bits per heavy atom. The maximum absolute atomic E-state index is 12.9. The van der Waals surface area contributed by atoms with Crippen LogP contribution >= 0.6 is 0 Å². The van der Waals surface area contributed by atoms with Gasteiger partial charge in [0, 0.05) is 31.6 Å². The number of piperidine rings is 1. The molecule has 0 aromatic heterocycles. The molecule has 0 spiro atoms. The Labute approximate surface area is 137 Å². The van der Waals surface area contributed by atoms with E-state index < -0.39 is 10.0 Å². The van der Waals surface area contributed by atoms with Gasteiger partial charge in [0.2, 0.25) is 10.0 Å². The highest BCUT2D eigenvalue weighted by atomic mass is 32.2. The minimum Gasteiger partial charge on any atom is -0.490 e. The summed E-state index contributed by atoms with van der Waals surface area (Å²) in [5.74, 6) is 1.10. The Balaban J connectivity index is 1.90. The minimum absolute atomic E-state index is 0.0118. The molecule has 1 fully saturated rings. The summed E-state index contributed by atoms with van der Waals surface area (Å²) in [5, 5.41) is 0. The lowest BCUT2D eigenvalue weighted by atomic mass is 9.81. The van der Waals surface area contributed by atoms with Crippen LogP contribution in [0.1, 0.15) is 26.7 Å². The van der Waals surface area contributed by atoms with Crippen LogP contribution in [0.3, 0.4) is 0 Å². The van der Waals surface area contributed by atoms with E-state index in [9.17, 15) is 8.42 Å². The van der Waals surface area contributed by atoms with Gasteiger partial charge in [-0.1, -0.05) is 13.8 Å². The molecule has 2 aliphatic heterocycles. The van der Waals surface area contributed by atoms with Crippen LogP contribution in [0, 0.1) is 5.41 Å². The highest BCUT2D eigenvalue weighted by Crippen LogP contribution is 2.35. The lowest BCUT2D eigenvalue weighted by Gasteiger charge is -2.41. The molecule has 23 heavy (non-hydrogen) atoms. The summed E-state index contributed by atoms with van der Waals surface area (Å²) in [5.41, 5.74) is 5.87. The van der Waals surface area contributed by atoms with Gasteiger partial charge in [-0.15, -0.1) is 0 Å². The molecule has 128 valence electrons. The van der Waals surface area contributed by atoms with Gasteiger partial charge >= 0.3 is 0 Å². The second-order valence-electron chi connectivity index (χ2n) is 6.88. The van der Waals surface area contributed by atoms with Gasteiger partial charge in [-0.2, -0.15) is 4.31 Å². The van der Waals surface area contributed by atoms with E-state index in [1.807, 2.05) is 13.8 Å². The topological polar surface area (TPSA) is 81.9 Å². The molecule has 2 N–H and O–H groups in total. The zero-order valence-corrected chi connectivity index (χ0v) is 14.4. The van der Waals surface area contributed by atoms with Crippen molar-refractivity contribution in [2.24, 2.45) is 11.1 Å². The first kappa shape index (κ1) is 16.5. The van der Waals surface area contributed by atoms with Crippen LogP contribution in [-0.4, -0.2) is 45.1 Å². The lowest BCUT2D eigenvalue weighted by Crippen LogP contribution is -2.53. The zero-order valence-electron chi connectivity index (χ0n) is 13.6. The summed E-state index contributed by atoms with van der Waals surface area (Å²) >= 11 is 0. The molecule has 1 aromatic carbocycles. The predicted octanol–water partition coefficient (Wildman–Crippen LogP) is 1.60. The molecular weight excluding hydrogens is 316 g/mol. The van der Waals surface area contributed by atoms with E-state index >= 15 is 0 Å². The minimum atomic E-state index is -3.56. The number of hydrogen-bond donors (Lipinski definition) is 1. The highest BCUT2D eigenvalue weighted by Gasteiger charge is 2.39. The van der Waals surface area contributed by atoms with Crippen LogP contribution < -0.4 is 15.2 Å². The van der Waals surface area contributed by atoms with Gasteiger partial charge in [0.05, 0.1) is 18.1 Å². The molecule has 0 amide bonds. The maximum Gasteiger partial charge on any atom is 0.243 e. The molecule has 2 heterocycles. The molecule has 2 aliphatic rings. The van der Waals surface area contributed by atoms with Gasteiger partial charge in [-0.3, -0.25) is 0 Å². The molecule has 1 unspecified atom stereocenters. The lowest BCUT2D eigenvalue weighted by molar-refractivity contribution is 0.155. The summed E-state index contributed by atoms with van der Waals surface area (Å²) in [6.45, 7) is 5.99. The highest BCUT2D eigenvalue weighted by molar-refractivity contribution is 7.89. The summed E-state index contributed by atoms with van der Waals surface area (Å²) in [6, 6.07) is 4.84. The summed E-state index contributed by atoms with van der Waals surface area (Å²) in [7, 11) is -3.56. The van der Waals surface area contributed by atoms with E-state index in [4.69, 9.17) is 15.2 Å². The number of nitrogens with two attached hydrogens (primary N) is 1. The van der Waals surface area contributed by atoms with Crippen molar-refractivity contribution >= 4 is 10.0 Å². The van der Waals surface area contributed by atoms with Gasteiger partial charge in [-0.25, -0.2) is 8.42 Å². The Hall–Kier alpha value is -1.31. The number of sulfonamides is 1. The van der Waals surface area contributed by atoms with Crippen molar-refractivity contribution in [2.75, 3.05) is 26.3 Å². The van der Waals surface area contributed by atoms with Gasteiger partial charge in [-0.05, 0) is 24.0 Å². The number of rotatable bonds is 2. The second kappa shape index (κ2) is 5.96. The molecule has 7 heteroatoms. The van der Waals surface area contributed by atoms with Crippen molar-refractivity contribution in [2.45, 2.75) is 37.6 Å². The second-order valence-corrected chi connectivity index (χ2v) is 8.82. The first-order valence-corrected chi connectivity index (χ1v) is 9.40. The predicted molar refractivity (Wildman–Crippen MR) is 87.2 cm³/mol. The van der Waals surface area contributed by atoms with Crippen molar-refractivity contribution in [1.82, 2.24) is 4.31 Å². The molecule has 0 aliphatic carbocycles. The Morgan fingerprint density at radius 1 is 1.22 bits per heavy atom. The van der Waals surface area contributed by atoms with E-state index in [1.54, 1.807) is 18.2 Å². The monoisotopic (exact) mass is 340 g/mol. The fraction of sp³-hybridized carbons (Fsp3) is 0.625. The molecule has 6 nitrogen and oxygen atoms in total. The van der Waals surface area contributed by atoms with E-state index in [2.05, 4.69) is 0 Å². The van der Waals surface area contributed by atoms with Crippen LogP contribution in [0.5, 0.6) is 11.5 Å². The van der Waals surface area contributed by atoms with Gasteiger partial charge in [0.25, 0.3) is 0 Å². The average molecular weight is 340 g/mol. The number of nitrogens with zero attached hydrogens (tertiary/aromatic N) is 1. The quantitative estimate of drug-likeness (QED) is 0.884. The fourth-order valence-corrected chi connectivity index (χ4v) is 4.63. The number of hydrogen-bond acceptors (Lipinski definition) is 5. The van der Waals surface area contributed by atoms with Crippen LogP contribution in [0.4, 0.5) is 0 Å². The smallest absolute Gasteiger partial charge is 0.243 e. The Morgan fingerprint density at radius 2 is 1.91 bits per heavy atom. The zero-order chi connectivity index (χ0) is 16.7. The Bertz CT molecular complexity index is 687. The summed E-state index contributed by atoms with van der Waals surface area (Å²) < 4.78 is 38.6. The summed E-state index contributed by atoms with van der Waals surface area (Å²) in [6.07, 6.45) is 1.45. The van der Waals surface area contributed by atoms with E-state index in [1.165, 1.54) is 4.31 Å². The third-order valence-corrected chi connectivity index (χ3v) is 6.48. The van der Waals surface area contributed by atoms with E-state index in [0.717, 1.165) is 6.42 Å². The van der Waals surface area contributed by atoms with E-state index in [0.29, 0.717) is 44.2 Å². The molecule has 1 atom stereocenters. The van der Waals surface area contributed by atoms with Crippen molar-refractivity contribution in [3.63, 3.8) is 0 Å². The van der Waals surface area contributed by atoms with Crippen molar-refractivity contribution in [3.05, 3.63) is 18.2 Å². The van der Waals surface area contributed by atoms with Gasteiger partial charge < -0.3 is 15.2 Å². The van der Waals surface area contributed by atoms with Gasteiger partial charge in [0.15, 0.2) is 11.5 Å². The molecular formula is C16H24N2O4S. The number of fused-ring (bicyclic) bond motifs is 1. The van der Waals surface area contributed by atoms with Crippen molar-refractivity contribution in [3.8, 4) is 11.5 Å². The van der Waals surface area contributed by atoms with Crippen LogP contribution in [-0.2, 0) is 10.0 Å². The number of ether oxygens (including phenoxy) is 2. The first-order valence-electron chi connectivity index (χ1n) is 7.96. The normalized spacial score (nSPS) is 24.9. The van der Waals surface area contributed by atoms with Gasteiger partial charge in [0.1, 0.15) is 0 Å². The molecule has 0 bridgehead atoms. The van der Waals surface area contributed by atoms with Crippen molar-refractivity contribution < 1.29 is 17.9 Å². The SMILES string of the molecule is CC1(C)CN(S(=O)(=O)c2ccc3c(c2)OCCCO3)CCC1N. The number of benzene rings is 1. The van der Waals surface area contributed by atoms with Crippen molar-refractivity contribution in [1.29, 1.82) is 0 Å². The first-order chi connectivity index (χ1) is 10.8. The van der Waals surface area contributed by atoms with Crippen LogP contribution in [0.2, 0.25) is 0 Å². The standard InChI is InChI=1S/C16H24N2O4S/c1-16(2)11-18(7-6-15(16)17)23(19,20)12-4-5-13-14(10-12)22-9-3-8-21-13/h4-5,10,15H,3,6-9,11,17H2,1-2H3. The molecule has 1 saturated heterocycles. The average Bonchev–Trinajstić information content (AvgIpc) is 2.74. The largest absolute Gasteiger partial charge is 0.490 e. The molecule has 0 saturated carbocycles. The fourth-order valence-electron chi connectivity index (χ4n) is 2.98.